The zero-order valence-corrected chi connectivity index (χ0v) is 16.9. The largest absolute Gasteiger partial charge is 0.477 e. The van der Waals surface area contributed by atoms with Crippen molar-refractivity contribution in [2.45, 2.75) is 18.2 Å². The Hall–Kier alpha value is -3.01. The van der Waals surface area contributed by atoms with Gasteiger partial charge >= 0.3 is 5.97 Å². The Bertz CT molecular complexity index is 1270. The second-order valence-corrected chi connectivity index (χ2v) is 9.31. The van der Waals surface area contributed by atoms with Crippen LogP contribution in [0.1, 0.15) is 20.8 Å². The molecule has 0 saturated heterocycles. The van der Waals surface area contributed by atoms with Gasteiger partial charge in [0, 0.05) is 16.1 Å². The van der Waals surface area contributed by atoms with Gasteiger partial charge in [0.25, 0.3) is 0 Å². The summed E-state index contributed by atoms with van der Waals surface area (Å²) in [6.07, 6.45) is 0.293. The predicted molar refractivity (Wildman–Crippen MR) is 111 cm³/mol. The molecule has 2 heterocycles. The second kappa shape index (κ2) is 6.80. The van der Waals surface area contributed by atoms with E-state index in [-0.39, 0.29) is 15.7 Å². The molecule has 0 unspecified atom stereocenters. The summed E-state index contributed by atoms with van der Waals surface area (Å²) in [6.45, 7) is 1.83. The minimum Gasteiger partial charge on any atom is -0.477 e. The molecular formula is C20H16N2O5S2. The van der Waals surface area contributed by atoms with Crippen LogP contribution >= 0.6 is 11.3 Å². The molecule has 0 aliphatic carbocycles. The lowest BCUT2D eigenvalue weighted by Crippen LogP contribution is -2.11. The number of nitrogens with one attached hydrogen (secondary N) is 1. The number of thiophene rings is 1. The molecule has 148 valence electrons. The third-order valence-electron chi connectivity index (χ3n) is 4.81. The van der Waals surface area contributed by atoms with Gasteiger partial charge in [-0.1, -0.05) is 18.2 Å². The quantitative estimate of drug-likeness (QED) is 0.588. The van der Waals surface area contributed by atoms with Crippen LogP contribution in [0.3, 0.4) is 0 Å². The SMILES string of the molecule is Cc1c(-c2ccc3c(c2)CC(=O)N3)sc(C(=O)O)c1-c1ccc(S(N)(=O)=O)cc1. The van der Waals surface area contributed by atoms with E-state index in [0.29, 0.717) is 17.5 Å². The molecule has 0 atom stereocenters. The minimum atomic E-state index is -3.83. The van der Waals surface area contributed by atoms with Gasteiger partial charge in [-0.05, 0) is 53.4 Å². The van der Waals surface area contributed by atoms with Crippen LogP contribution in [0.15, 0.2) is 47.4 Å². The molecule has 4 N–H and O–H groups in total. The normalized spacial score (nSPS) is 13.2. The zero-order chi connectivity index (χ0) is 20.9. The van der Waals surface area contributed by atoms with E-state index in [1.165, 1.54) is 12.1 Å². The molecule has 2 aromatic carbocycles. The average Bonchev–Trinajstić information content (AvgIpc) is 3.19. The van der Waals surface area contributed by atoms with E-state index in [1.807, 2.05) is 25.1 Å². The number of carboxylic acid groups (broad SMARTS) is 1. The number of anilines is 1. The first kappa shape index (κ1) is 19.3. The summed E-state index contributed by atoms with van der Waals surface area (Å²) in [6, 6.07) is 11.4. The molecule has 0 spiro atoms. The van der Waals surface area contributed by atoms with Gasteiger partial charge in [0.2, 0.25) is 15.9 Å². The second-order valence-electron chi connectivity index (χ2n) is 6.73. The number of sulfonamides is 1. The number of aromatic carboxylic acids is 1. The van der Waals surface area contributed by atoms with Gasteiger partial charge < -0.3 is 10.4 Å². The monoisotopic (exact) mass is 428 g/mol. The topological polar surface area (TPSA) is 127 Å². The number of fused-ring (bicyclic) bond motifs is 1. The Morgan fingerprint density at radius 1 is 1.14 bits per heavy atom. The predicted octanol–water partition coefficient (Wildman–Crippen LogP) is 3.23. The van der Waals surface area contributed by atoms with E-state index in [9.17, 15) is 23.1 Å². The number of nitrogens with two attached hydrogens (primary N) is 1. The summed E-state index contributed by atoms with van der Waals surface area (Å²) in [5.41, 5.74) is 4.37. The molecule has 7 nitrogen and oxygen atoms in total. The molecule has 29 heavy (non-hydrogen) atoms. The number of carboxylic acids is 1. The maximum Gasteiger partial charge on any atom is 0.346 e. The maximum absolute atomic E-state index is 11.9. The highest BCUT2D eigenvalue weighted by Gasteiger charge is 2.24. The average molecular weight is 428 g/mol. The Morgan fingerprint density at radius 3 is 2.41 bits per heavy atom. The van der Waals surface area contributed by atoms with Crippen LogP contribution in [-0.4, -0.2) is 25.4 Å². The van der Waals surface area contributed by atoms with Crippen molar-refractivity contribution in [3.8, 4) is 21.6 Å². The fourth-order valence-corrected chi connectivity index (χ4v) is 5.15. The van der Waals surface area contributed by atoms with Crippen LogP contribution in [0, 0.1) is 6.92 Å². The number of primary sulfonamides is 1. The lowest BCUT2D eigenvalue weighted by atomic mass is 9.98. The van der Waals surface area contributed by atoms with Crippen LogP contribution in [0.4, 0.5) is 5.69 Å². The van der Waals surface area contributed by atoms with Crippen LogP contribution in [0.2, 0.25) is 0 Å². The smallest absolute Gasteiger partial charge is 0.346 e. The zero-order valence-electron chi connectivity index (χ0n) is 15.2. The van der Waals surface area contributed by atoms with Gasteiger partial charge in [-0.25, -0.2) is 18.4 Å². The van der Waals surface area contributed by atoms with E-state index < -0.39 is 16.0 Å². The number of hydrogen-bond acceptors (Lipinski definition) is 5. The summed E-state index contributed by atoms with van der Waals surface area (Å²) >= 11 is 1.15. The summed E-state index contributed by atoms with van der Waals surface area (Å²) in [4.78, 5) is 24.4. The van der Waals surface area contributed by atoms with Gasteiger partial charge in [0.15, 0.2) is 0 Å². The Labute approximate surface area is 170 Å². The van der Waals surface area contributed by atoms with E-state index in [1.54, 1.807) is 12.1 Å². The van der Waals surface area contributed by atoms with Crippen molar-refractivity contribution in [1.82, 2.24) is 0 Å². The van der Waals surface area contributed by atoms with Gasteiger partial charge in [0.05, 0.1) is 11.3 Å². The van der Waals surface area contributed by atoms with Crippen molar-refractivity contribution >= 4 is 38.9 Å². The molecule has 1 aliphatic rings. The minimum absolute atomic E-state index is 0.0398. The Kier molecular flexibility index (Phi) is 4.53. The van der Waals surface area contributed by atoms with E-state index in [4.69, 9.17) is 5.14 Å². The first-order chi connectivity index (χ1) is 13.6. The Morgan fingerprint density at radius 2 is 1.79 bits per heavy atom. The molecule has 0 bridgehead atoms. The van der Waals surface area contributed by atoms with Crippen molar-refractivity contribution in [1.29, 1.82) is 0 Å². The number of hydrogen-bond donors (Lipinski definition) is 3. The standard InChI is InChI=1S/C20H16N2O5S2/c1-10-17(11-2-5-14(6-3-11)29(21,26)27)19(20(24)25)28-18(10)12-4-7-15-13(8-12)9-16(23)22-15/h2-8H,9H2,1H3,(H,22,23)(H,24,25)(H2,21,26,27). The van der Waals surface area contributed by atoms with Crippen LogP contribution in [0.5, 0.6) is 0 Å². The van der Waals surface area contributed by atoms with Crippen LogP contribution < -0.4 is 10.5 Å². The first-order valence-corrected chi connectivity index (χ1v) is 10.9. The van der Waals surface area contributed by atoms with Gasteiger partial charge in [-0.2, -0.15) is 0 Å². The van der Waals surface area contributed by atoms with Crippen molar-refractivity contribution in [2.75, 3.05) is 5.32 Å². The van der Waals surface area contributed by atoms with Crippen molar-refractivity contribution in [2.24, 2.45) is 5.14 Å². The lowest BCUT2D eigenvalue weighted by molar-refractivity contribution is -0.115. The van der Waals surface area contributed by atoms with E-state index >= 15 is 0 Å². The third-order valence-corrected chi connectivity index (χ3v) is 7.06. The molecule has 3 aromatic rings. The number of benzene rings is 2. The number of rotatable bonds is 4. The van der Waals surface area contributed by atoms with Crippen molar-refractivity contribution < 1.29 is 23.1 Å². The third kappa shape index (κ3) is 3.44. The Balaban J connectivity index is 1.84. The summed E-state index contributed by atoms with van der Waals surface area (Å²) in [5, 5.41) is 17.6. The van der Waals surface area contributed by atoms with Crippen LogP contribution in [-0.2, 0) is 21.2 Å². The molecule has 1 aromatic heterocycles. The van der Waals surface area contributed by atoms with Crippen molar-refractivity contribution in [3.63, 3.8) is 0 Å². The van der Waals surface area contributed by atoms with Gasteiger partial charge in [-0.3, -0.25) is 4.79 Å². The number of carbonyl (C=O) groups excluding carboxylic acids is 1. The fraction of sp³-hybridized carbons (Fsp3) is 0.100. The molecular weight excluding hydrogens is 412 g/mol. The molecule has 1 amide bonds. The number of carbonyl (C=O) groups is 2. The molecule has 1 aliphatic heterocycles. The van der Waals surface area contributed by atoms with Gasteiger partial charge in [-0.15, -0.1) is 11.3 Å². The van der Waals surface area contributed by atoms with Crippen molar-refractivity contribution in [3.05, 3.63) is 58.5 Å². The maximum atomic E-state index is 11.9. The molecule has 4 rings (SSSR count). The summed E-state index contributed by atoms with van der Waals surface area (Å²) in [5.74, 6) is -1.13. The molecule has 9 heteroatoms. The molecule has 0 saturated carbocycles. The molecule has 0 fully saturated rings. The highest BCUT2D eigenvalue weighted by molar-refractivity contribution is 7.89. The lowest BCUT2D eigenvalue weighted by Gasteiger charge is -2.07. The highest BCUT2D eigenvalue weighted by Crippen LogP contribution is 2.43. The fourth-order valence-electron chi connectivity index (χ4n) is 3.47. The van der Waals surface area contributed by atoms with E-state index in [0.717, 1.165) is 38.6 Å². The molecule has 0 radical (unpaired) electrons. The van der Waals surface area contributed by atoms with Gasteiger partial charge in [0.1, 0.15) is 4.88 Å². The first-order valence-electron chi connectivity index (χ1n) is 8.58. The van der Waals surface area contributed by atoms with E-state index in [2.05, 4.69) is 5.32 Å². The highest BCUT2D eigenvalue weighted by atomic mass is 32.2. The summed E-state index contributed by atoms with van der Waals surface area (Å²) in [7, 11) is -3.83. The number of amides is 1. The van der Waals surface area contributed by atoms with Crippen LogP contribution in [0.25, 0.3) is 21.6 Å². The summed E-state index contributed by atoms with van der Waals surface area (Å²) < 4.78 is 23.0.